The Hall–Kier alpha value is -3.38. The van der Waals surface area contributed by atoms with E-state index in [-0.39, 0.29) is 36.3 Å². The summed E-state index contributed by atoms with van der Waals surface area (Å²) in [5.74, 6) is 0.423. The first-order valence-corrected chi connectivity index (χ1v) is 11.2. The van der Waals surface area contributed by atoms with Crippen LogP contribution in [-0.4, -0.2) is 49.3 Å². The van der Waals surface area contributed by atoms with Gasteiger partial charge in [0.1, 0.15) is 11.6 Å². The fraction of sp³-hybridized carbons (Fsp3) is 0.296. The summed E-state index contributed by atoms with van der Waals surface area (Å²) in [6.07, 6.45) is 0.802. The van der Waals surface area contributed by atoms with Crippen LogP contribution in [0.25, 0.3) is 11.1 Å². The van der Waals surface area contributed by atoms with E-state index >= 15 is 0 Å². The second-order valence-electron chi connectivity index (χ2n) is 8.77. The maximum absolute atomic E-state index is 13.4. The first-order valence-electron chi connectivity index (χ1n) is 11.2. The van der Waals surface area contributed by atoms with Crippen molar-refractivity contribution in [2.45, 2.75) is 18.5 Å². The van der Waals surface area contributed by atoms with Crippen LogP contribution in [0.5, 0.6) is 5.75 Å². The van der Waals surface area contributed by atoms with Gasteiger partial charge in [0.05, 0.1) is 25.8 Å². The summed E-state index contributed by atoms with van der Waals surface area (Å²) in [6.45, 7) is 0.617. The molecule has 0 unspecified atom stereocenters. The molecule has 5 rings (SSSR count). The third-order valence-corrected chi connectivity index (χ3v) is 7.10. The van der Waals surface area contributed by atoms with E-state index < -0.39 is 0 Å². The predicted octanol–water partition coefficient (Wildman–Crippen LogP) is 4.52. The number of fused-ring (bicyclic) bond motifs is 3. The Bertz CT molecular complexity index is 1180. The van der Waals surface area contributed by atoms with E-state index in [0.29, 0.717) is 12.1 Å². The van der Waals surface area contributed by atoms with E-state index in [1.807, 2.05) is 36.2 Å². The van der Waals surface area contributed by atoms with Crippen molar-refractivity contribution in [1.29, 1.82) is 0 Å². The highest BCUT2D eigenvalue weighted by Crippen LogP contribution is 2.49. The molecule has 0 bridgehead atoms. The average Bonchev–Trinajstić information content (AvgIpc) is 3.29. The highest BCUT2D eigenvalue weighted by molar-refractivity contribution is 5.95. The fourth-order valence-corrected chi connectivity index (χ4v) is 5.42. The molecule has 3 atom stereocenters. The SMILES string of the molecule is COc1cccc(-c2ccc3c(c2)[C@@H]2[C@@H](CCN2C(=O)c2ccc(F)cc2)[C@@H](CO)N3C)c1. The maximum Gasteiger partial charge on any atom is 0.254 e. The molecular weight excluding hydrogens is 419 g/mol. The van der Waals surface area contributed by atoms with Crippen molar-refractivity contribution in [3.8, 4) is 16.9 Å². The van der Waals surface area contributed by atoms with E-state index in [9.17, 15) is 14.3 Å². The van der Waals surface area contributed by atoms with Gasteiger partial charge in [-0.05, 0) is 71.6 Å². The second kappa shape index (κ2) is 8.52. The smallest absolute Gasteiger partial charge is 0.254 e. The Balaban J connectivity index is 1.59. The van der Waals surface area contributed by atoms with Gasteiger partial charge in [-0.25, -0.2) is 4.39 Å². The van der Waals surface area contributed by atoms with E-state index in [4.69, 9.17) is 4.74 Å². The van der Waals surface area contributed by atoms with Crippen molar-refractivity contribution in [2.75, 3.05) is 32.2 Å². The molecule has 3 aromatic carbocycles. The zero-order valence-electron chi connectivity index (χ0n) is 18.7. The van der Waals surface area contributed by atoms with Crippen molar-refractivity contribution >= 4 is 11.6 Å². The number of nitrogens with zero attached hydrogens (tertiary/aromatic N) is 2. The number of rotatable bonds is 4. The summed E-state index contributed by atoms with van der Waals surface area (Å²) < 4.78 is 18.8. The van der Waals surface area contributed by atoms with Crippen LogP contribution in [0.15, 0.2) is 66.7 Å². The first-order chi connectivity index (χ1) is 16.0. The lowest BCUT2D eigenvalue weighted by molar-refractivity contribution is 0.0694. The van der Waals surface area contributed by atoms with Crippen LogP contribution in [-0.2, 0) is 0 Å². The molecule has 33 heavy (non-hydrogen) atoms. The number of aliphatic hydroxyl groups excluding tert-OH is 1. The highest BCUT2D eigenvalue weighted by Gasteiger charge is 2.47. The molecule has 2 heterocycles. The average molecular weight is 447 g/mol. The van der Waals surface area contributed by atoms with Crippen LogP contribution in [0.1, 0.15) is 28.4 Å². The summed E-state index contributed by atoms with van der Waals surface area (Å²) in [7, 11) is 3.66. The van der Waals surface area contributed by atoms with Gasteiger partial charge in [-0.3, -0.25) is 4.79 Å². The lowest BCUT2D eigenvalue weighted by Crippen LogP contribution is -2.48. The van der Waals surface area contributed by atoms with Gasteiger partial charge in [-0.1, -0.05) is 18.2 Å². The van der Waals surface area contributed by atoms with Gasteiger partial charge < -0.3 is 19.6 Å². The zero-order chi connectivity index (χ0) is 23.1. The van der Waals surface area contributed by atoms with E-state index in [1.54, 1.807) is 7.11 Å². The van der Waals surface area contributed by atoms with Gasteiger partial charge in [0.25, 0.3) is 5.91 Å². The molecule has 170 valence electrons. The number of likely N-dealkylation sites (tertiary alicyclic amines) is 1. The topological polar surface area (TPSA) is 53.0 Å². The number of methoxy groups -OCH3 is 1. The van der Waals surface area contributed by atoms with Crippen molar-refractivity contribution in [1.82, 2.24) is 4.90 Å². The molecule has 1 fully saturated rings. The summed E-state index contributed by atoms with van der Waals surface area (Å²) in [5.41, 5.74) is 4.64. The minimum atomic E-state index is -0.362. The summed E-state index contributed by atoms with van der Waals surface area (Å²) in [4.78, 5) is 17.5. The van der Waals surface area contributed by atoms with Crippen LogP contribution in [0.3, 0.4) is 0 Å². The third-order valence-electron chi connectivity index (χ3n) is 7.10. The molecule has 1 N–H and O–H groups in total. The number of carbonyl (C=O) groups is 1. The second-order valence-corrected chi connectivity index (χ2v) is 8.77. The van der Waals surface area contributed by atoms with E-state index in [0.717, 1.165) is 34.5 Å². The van der Waals surface area contributed by atoms with E-state index in [2.05, 4.69) is 23.1 Å². The number of benzene rings is 3. The molecule has 5 nitrogen and oxygen atoms in total. The number of aliphatic hydroxyl groups is 1. The highest BCUT2D eigenvalue weighted by atomic mass is 19.1. The minimum absolute atomic E-state index is 0.0212. The molecule has 0 aromatic heterocycles. The molecule has 0 spiro atoms. The maximum atomic E-state index is 13.4. The monoisotopic (exact) mass is 446 g/mol. The lowest BCUT2D eigenvalue weighted by atomic mass is 9.81. The number of amides is 1. The fourth-order valence-electron chi connectivity index (χ4n) is 5.42. The van der Waals surface area contributed by atoms with Crippen molar-refractivity contribution in [3.05, 3.63) is 83.7 Å². The number of carbonyl (C=O) groups excluding carboxylic acids is 1. The minimum Gasteiger partial charge on any atom is -0.497 e. The van der Waals surface area contributed by atoms with E-state index in [1.165, 1.54) is 24.3 Å². The summed E-state index contributed by atoms with van der Waals surface area (Å²) in [5, 5.41) is 10.2. The number of halogens is 1. The quantitative estimate of drug-likeness (QED) is 0.641. The first kappa shape index (κ1) is 21.5. The molecule has 0 aliphatic carbocycles. The normalized spacial score (nSPS) is 21.5. The number of ether oxygens (including phenoxy) is 1. The Morgan fingerprint density at radius 2 is 1.85 bits per heavy atom. The van der Waals surface area contributed by atoms with Crippen molar-refractivity contribution < 1.29 is 19.0 Å². The molecule has 2 aliphatic rings. The van der Waals surface area contributed by atoms with Crippen molar-refractivity contribution in [2.24, 2.45) is 5.92 Å². The lowest BCUT2D eigenvalue weighted by Gasteiger charge is -2.44. The summed E-state index contributed by atoms with van der Waals surface area (Å²) >= 11 is 0. The number of hydrogen-bond acceptors (Lipinski definition) is 4. The predicted molar refractivity (Wildman–Crippen MR) is 126 cm³/mol. The van der Waals surface area contributed by atoms with Gasteiger partial charge in [0, 0.05) is 30.8 Å². The molecule has 3 aromatic rings. The van der Waals surface area contributed by atoms with Crippen LogP contribution in [0, 0.1) is 11.7 Å². The number of hydrogen-bond donors (Lipinski definition) is 1. The van der Waals surface area contributed by atoms with Crippen LogP contribution in [0.4, 0.5) is 10.1 Å². The molecule has 0 radical (unpaired) electrons. The standard InChI is InChI=1S/C27H27FN2O3/c1-29-24-11-8-19(18-4-3-5-21(14-18)33-2)15-23(24)26-22(25(29)16-31)12-13-30(26)27(32)17-6-9-20(28)10-7-17/h3-11,14-15,22,25-26,31H,12-13,16H2,1-2H3/t22-,25+,26-/m0/s1. The number of likely N-dealkylation sites (N-methyl/N-ethyl adjacent to an activating group) is 1. The molecule has 0 saturated carbocycles. The Labute approximate surface area is 193 Å². The Morgan fingerprint density at radius 1 is 1.09 bits per heavy atom. The zero-order valence-corrected chi connectivity index (χ0v) is 18.7. The molecule has 1 amide bonds. The number of anilines is 1. The Morgan fingerprint density at radius 3 is 2.58 bits per heavy atom. The molecule has 2 aliphatic heterocycles. The van der Waals surface area contributed by atoms with Crippen LogP contribution >= 0.6 is 0 Å². The van der Waals surface area contributed by atoms with Gasteiger partial charge in [-0.15, -0.1) is 0 Å². The van der Waals surface area contributed by atoms with Crippen LogP contribution < -0.4 is 9.64 Å². The van der Waals surface area contributed by atoms with Gasteiger partial charge in [0.15, 0.2) is 0 Å². The van der Waals surface area contributed by atoms with Gasteiger partial charge >= 0.3 is 0 Å². The third kappa shape index (κ3) is 3.64. The van der Waals surface area contributed by atoms with Crippen LogP contribution in [0.2, 0.25) is 0 Å². The Kier molecular flexibility index (Phi) is 5.54. The van der Waals surface area contributed by atoms with Crippen molar-refractivity contribution in [3.63, 3.8) is 0 Å². The molecule has 1 saturated heterocycles. The summed E-state index contributed by atoms with van der Waals surface area (Å²) in [6, 6.07) is 19.7. The van der Waals surface area contributed by atoms with Gasteiger partial charge in [-0.2, -0.15) is 0 Å². The molecule has 6 heteroatoms. The molecular formula is C27H27FN2O3. The largest absolute Gasteiger partial charge is 0.497 e. The van der Waals surface area contributed by atoms with Gasteiger partial charge in [0.2, 0.25) is 0 Å².